The van der Waals surface area contributed by atoms with E-state index in [1.54, 1.807) is 19.1 Å². The molecule has 1 saturated heterocycles. The first-order valence-corrected chi connectivity index (χ1v) is 10.8. The smallest absolute Gasteiger partial charge is 0.219 e. The number of hydrogen-bond acceptors (Lipinski definition) is 6. The summed E-state index contributed by atoms with van der Waals surface area (Å²) in [7, 11) is 1.53. The lowest BCUT2D eigenvalue weighted by atomic mass is 9.90. The molecule has 7 nitrogen and oxygen atoms in total. The maximum Gasteiger partial charge on any atom is 0.219 e. The Morgan fingerprint density at radius 1 is 1.26 bits per heavy atom. The Labute approximate surface area is 185 Å². The predicted octanol–water partition coefficient (Wildman–Crippen LogP) is 3.94. The number of phenolic OH excluding ortho intramolecular Hbond substituents is 1. The van der Waals surface area contributed by atoms with Crippen molar-refractivity contribution in [2.24, 2.45) is 5.10 Å². The first kappa shape index (κ1) is 20.0. The number of carbonyl (C=O) groups is 1. The van der Waals surface area contributed by atoms with E-state index in [9.17, 15) is 9.90 Å². The fraction of sp³-hybridized carbons (Fsp3) is 0.391. The van der Waals surface area contributed by atoms with Gasteiger partial charge in [0.25, 0.3) is 0 Å². The fourth-order valence-electron chi connectivity index (χ4n) is 4.79. The van der Waals surface area contributed by atoms with Gasteiger partial charge in [0.1, 0.15) is 5.75 Å². The van der Waals surface area contributed by atoms with Crippen LogP contribution in [-0.4, -0.2) is 52.6 Å². The zero-order valence-electron chi connectivity index (χ0n) is 17.5. The van der Waals surface area contributed by atoms with Gasteiger partial charge in [0, 0.05) is 55.4 Å². The third-order valence-corrected chi connectivity index (χ3v) is 6.70. The Balaban J connectivity index is 1.55. The second-order valence-electron chi connectivity index (χ2n) is 8.23. The molecule has 0 radical (unpaired) electrons. The van der Waals surface area contributed by atoms with E-state index in [1.807, 2.05) is 29.2 Å². The van der Waals surface area contributed by atoms with Crippen LogP contribution in [-0.2, 0) is 4.79 Å². The zero-order chi connectivity index (χ0) is 21.8. The highest BCUT2D eigenvalue weighted by atomic mass is 35.5. The summed E-state index contributed by atoms with van der Waals surface area (Å²) in [6.07, 6.45) is 2.02. The molecule has 31 heavy (non-hydrogen) atoms. The summed E-state index contributed by atoms with van der Waals surface area (Å²) in [6.45, 7) is 2.85. The number of halogens is 1. The number of methoxy groups -OCH3 is 1. The monoisotopic (exact) mass is 441 g/mol. The molecule has 3 heterocycles. The second-order valence-corrected chi connectivity index (χ2v) is 8.67. The number of nitrogens with zero attached hydrogens (tertiary/aromatic N) is 3. The molecule has 3 aliphatic rings. The van der Waals surface area contributed by atoms with E-state index in [2.05, 4.69) is 5.01 Å². The van der Waals surface area contributed by atoms with Crippen LogP contribution in [0.15, 0.2) is 41.5 Å². The van der Waals surface area contributed by atoms with E-state index in [4.69, 9.17) is 26.2 Å². The van der Waals surface area contributed by atoms with Gasteiger partial charge in [0.05, 0.1) is 18.9 Å². The molecule has 0 saturated carbocycles. The molecule has 2 aromatic carbocycles. The molecule has 1 amide bonds. The van der Waals surface area contributed by atoms with Crippen molar-refractivity contribution in [3.63, 3.8) is 0 Å². The summed E-state index contributed by atoms with van der Waals surface area (Å²) in [5.41, 5.74) is 2.19. The van der Waals surface area contributed by atoms with Crippen LogP contribution in [0.4, 0.5) is 0 Å². The van der Waals surface area contributed by atoms with E-state index >= 15 is 0 Å². The van der Waals surface area contributed by atoms with Gasteiger partial charge in [-0.2, -0.15) is 5.10 Å². The first-order chi connectivity index (χ1) is 14.9. The normalized spacial score (nSPS) is 21.3. The molecule has 8 heteroatoms. The number of aromatic hydroxyl groups is 1. The van der Waals surface area contributed by atoms with E-state index in [-0.39, 0.29) is 17.7 Å². The van der Waals surface area contributed by atoms with Crippen LogP contribution in [0.5, 0.6) is 17.2 Å². The lowest BCUT2D eigenvalue weighted by Crippen LogP contribution is -2.59. The molecule has 5 rings (SSSR count). The number of fused-ring (bicyclic) bond motifs is 4. The molecular formula is C23H24ClN3O4. The quantitative estimate of drug-likeness (QED) is 0.764. The molecule has 0 aliphatic carbocycles. The molecule has 1 spiro atoms. The van der Waals surface area contributed by atoms with Crippen molar-refractivity contribution < 1.29 is 19.4 Å². The third kappa shape index (κ3) is 3.28. The Hall–Kier alpha value is -2.93. The first-order valence-electron chi connectivity index (χ1n) is 10.4. The minimum Gasteiger partial charge on any atom is -0.504 e. The number of hydrazone groups is 1. The van der Waals surface area contributed by atoms with Crippen LogP contribution in [0.1, 0.15) is 43.4 Å². The van der Waals surface area contributed by atoms with Crippen molar-refractivity contribution in [1.82, 2.24) is 9.91 Å². The Morgan fingerprint density at radius 2 is 2.03 bits per heavy atom. The molecule has 1 atom stereocenters. The number of rotatable bonds is 2. The van der Waals surface area contributed by atoms with E-state index in [0.29, 0.717) is 43.1 Å². The third-order valence-electron chi connectivity index (χ3n) is 6.46. The maximum absolute atomic E-state index is 11.9. The molecule has 1 N–H and O–H groups in total. The molecule has 1 fully saturated rings. The lowest BCUT2D eigenvalue weighted by molar-refractivity contribution is -0.158. The van der Waals surface area contributed by atoms with Crippen LogP contribution in [0, 0.1) is 0 Å². The average molecular weight is 442 g/mol. The number of amides is 1. The van der Waals surface area contributed by atoms with E-state index < -0.39 is 5.72 Å². The fourth-order valence-corrected chi connectivity index (χ4v) is 4.97. The molecular weight excluding hydrogens is 418 g/mol. The molecule has 2 aromatic rings. The number of likely N-dealkylation sites (tertiary alicyclic amines) is 1. The topological polar surface area (TPSA) is 74.6 Å². The van der Waals surface area contributed by atoms with Gasteiger partial charge >= 0.3 is 0 Å². The Kier molecular flexibility index (Phi) is 4.73. The van der Waals surface area contributed by atoms with Gasteiger partial charge in [-0.15, -0.1) is 0 Å². The number of carbonyl (C=O) groups excluding carboxylic acids is 1. The minimum absolute atomic E-state index is 0.0128. The molecule has 0 aromatic heterocycles. The van der Waals surface area contributed by atoms with Gasteiger partial charge in [-0.25, -0.2) is 5.01 Å². The van der Waals surface area contributed by atoms with Crippen LogP contribution in [0.3, 0.4) is 0 Å². The minimum atomic E-state index is -0.611. The van der Waals surface area contributed by atoms with Gasteiger partial charge in [0.2, 0.25) is 11.6 Å². The highest BCUT2D eigenvalue weighted by molar-refractivity contribution is 6.30. The van der Waals surface area contributed by atoms with Gasteiger partial charge in [0.15, 0.2) is 11.5 Å². The number of ether oxygens (including phenoxy) is 2. The van der Waals surface area contributed by atoms with Crippen molar-refractivity contribution in [2.75, 3.05) is 20.2 Å². The molecule has 0 bridgehead atoms. The van der Waals surface area contributed by atoms with E-state index in [0.717, 1.165) is 22.6 Å². The summed E-state index contributed by atoms with van der Waals surface area (Å²) in [4.78, 5) is 13.7. The van der Waals surface area contributed by atoms with Crippen molar-refractivity contribution in [2.45, 2.75) is 38.0 Å². The Morgan fingerprint density at radius 3 is 2.74 bits per heavy atom. The maximum atomic E-state index is 11.9. The highest BCUT2D eigenvalue weighted by Gasteiger charge is 2.52. The largest absolute Gasteiger partial charge is 0.504 e. The molecule has 162 valence electrons. The molecule has 1 unspecified atom stereocenters. The van der Waals surface area contributed by atoms with Gasteiger partial charge in [-0.3, -0.25) is 4.79 Å². The standard InChI is InChI=1S/C23H24ClN3O4/c1-14(28)26-9-7-23(8-10-26)27-19(17-12-16(24)4-6-21(17)31-23)13-18(25-27)15-3-5-20(29)22(11-15)30-2/h3-6,11-12,19,29H,7-10,13H2,1-2H3. The summed E-state index contributed by atoms with van der Waals surface area (Å²) < 4.78 is 11.8. The average Bonchev–Trinajstić information content (AvgIpc) is 3.22. The zero-order valence-corrected chi connectivity index (χ0v) is 18.2. The van der Waals surface area contributed by atoms with Crippen molar-refractivity contribution in [3.8, 4) is 17.2 Å². The number of hydrogen-bond donors (Lipinski definition) is 1. The van der Waals surface area contributed by atoms with Crippen LogP contribution in [0.2, 0.25) is 5.02 Å². The number of phenols is 1. The lowest BCUT2D eigenvalue weighted by Gasteiger charge is -2.51. The van der Waals surface area contributed by atoms with Gasteiger partial charge in [-0.1, -0.05) is 11.6 Å². The molecule has 3 aliphatic heterocycles. The Bertz CT molecular complexity index is 1080. The van der Waals surface area contributed by atoms with Gasteiger partial charge < -0.3 is 19.5 Å². The highest BCUT2D eigenvalue weighted by Crippen LogP contribution is 2.50. The summed E-state index contributed by atoms with van der Waals surface area (Å²) in [5.74, 6) is 1.41. The summed E-state index contributed by atoms with van der Waals surface area (Å²) in [5, 5.41) is 17.7. The van der Waals surface area contributed by atoms with Crippen LogP contribution < -0.4 is 9.47 Å². The van der Waals surface area contributed by atoms with Crippen molar-refractivity contribution in [1.29, 1.82) is 0 Å². The number of piperidine rings is 1. The van der Waals surface area contributed by atoms with Crippen LogP contribution in [0.25, 0.3) is 0 Å². The van der Waals surface area contributed by atoms with Crippen molar-refractivity contribution in [3.05, 3.63) is 52.5 Å². The van der Waals surface area contributed by atoms with Crippen LogP contribution >= 0.6 is 11.6 Å². The predicted molar refractivity (Wildman–Crippen MR) is 117 cm³/mol. The van der Waals surface area contributed by atoms with E-state index in [1.165, 1.54) is 7.11 Å². The van der Waals surface area contributed by atoms with Gasteiger partial charge in [-0.05, 0) is 36.4 Å². The summed E-state index contributed by atoms with van der Waals surface area (Å²) in [6, 6.07) is 11.0. The van der Waals surface area contributed by atoms with Crippen molar-refractivity contribution >= 4 is 23.2 Å². The summed E-state index contributed by atoms with van der Waals surface area (Å²) >= 11 is 6.31. The SMILES string of the molecule is COc1cc(C2=NN3C(C2)c2cc(Cl)ccc2OC32CCN(C(C)=O)CC2)ccc1O. The number of benzene rings is 2. The second kappa shape index (κ2) is 7.34.